The van der Waals surface area contributed by atoms with Crippen LogP contribution in [0.15, 0.2) is 41.0 Å². The molecule has 0 spiro atoms. The minimum absolute atomic E-state index is 0.252. The molecule has 104 valence electrons. The second kappa shape index (κ2) is 6.20. The van der Waals surface area contributed by atoms with Crippen molar-refractivity contribution in [1.82, 2.24) is 9.97 Å². The molecule has 0 aliphatic rings. The molecular weight excluding hydrogens is 305 g/mol. The Morgan fingerprint density at radius 2 is 2.05 bits per heavy atom. The third-order valence-corrected chi connectivity index (χ3v) is 4.82. The van der Waals surface area contributed by atoms with Gasteiger partial charge in [-0.2, -0.15) is 5.26 Å². The van der Waals surface area contributed by atoms with Gasteiger partial charge in [0.05, 0.1) is 11.5 Å². The first-order valence-electron chi connectivity index (χ1n) is 6.27. The van der Waals surface area contributed by atoms with E-state index in [9.17, 15) is 4.39 Å². The van der Waals surface area contributed by atoms with E-state index in [1.165, 1.54) is 12.1 Å². The molecule has 6 heteroatoms. The Bertz CT molecular complexity index is 806. The zero-order valence-electron chi connectivity index (χ0n) is 10.9. The predicted molar refractivity (Wildman–Crippen MR) is 83.8 cm³/mol. The van der Waals surface area contributed by atoms with Crippen LogP contribution in [0.3, 0.4) is 0 Å². The summed E-state index contributed by atoms with van der Waals surface area (Å²) in [6.45, 7) is 0. The summed E-state index contributed by atoms with van der Waals surface area (Å²) < 4.78 is 13.1. The highest BCUT2D eigenvalue weighted by molar-refractivity contribution is 7.99. The molecule has 0 aliphatic heterocycles. The number of nitrogens with zero attached hydrogens (tertiary/aromatic N) is 3. The van der Waals surface area contributed by atoms with Crippen LogP contribution in [-0.2, 0) is 0 Å². The molecule has 0 saturated carbocycles. The van der Waals surface area contributed by atoms with Crippen molar-refractivity contribution in [2.45, 2.75) is 11.4 Å². The van der Waals surface area contributed by atoms with Crippen molar-refractivity contribution in [3.05, 3.63) is 41.8 Å². The first-order chi connectivity index (χ1) is 10.3. The van der Waals surface area contributed by atoms with Crippen LogP contribution >= 0.6 is 23.1 Å². The Labute approximate surface area is 129 Å². The zero-order valence-corrected chi connectivity index (χ0v) is 12.5. The smallest absolute Gasteiger partial charge is 0.128 e. The molecule has 1 aromatic carbocycles. The predicted octanol–water partition coefficient (Wildman–Crippen LogP) is 4.50. The number of benzene rings is 1. The third kappa shape index (κ3) is 2.89. The number of nitriles is 1. The Hall–Kier alpha value is -1.97. The van der Waals surface area contributed by atoms with Crippen molar-refractivity contribution in [3.63, 3.8) is 0 Å². The maximum Gasteiger partial charge on any atom is 0.128 e. The van der Waals surface area contributed by atoms with E-state index in [2.05, 4.69) is 16.0 Å². The molecule has 0 fully saturated rings. The van der Waals surface area contributed by atoms with Crippen LogP contribution in [0.4, 0.5) is 4.39 Å². The average molecular weight is 315 g/mol. The Morgan fingerprint density at radius 3 is 2.81 bits per heavy atom. The van der Waals surface area contributed by atoms with Gasteiger partial charge in [0.25, 0.3) is 0 Å². The summed E-state index contributed by atoms with van der Waals surface area (Å²) in [5, 5.41) is 12.5. The van der Waals surface area contributed by atoms with Gasteiger partial charge in [0.2, 0.25) is 0 Å². The quantitative estimate of drug-likeness (QED) is 0.404. The number of hydrogen-bond donors (Lipinski definition) is 0. The van der Waals surface area contributed by atoms with Crippen molar-refractivity contribution in [3.8, 4) is 17.2 Å². The molecule has 0 unspecified atom stereocenters. The molecule has 3 aromatic rings. The van der Waals surface area contributed by atoms with E-state index in [1.807, 2.05) is 5.38 Å². The number of hydrogen-bond acceptors (Lipinski definition) is 5. The van der Waals surface area contributed by atoms with Gasteiger partial charge in [-0.15, -0.1) is 23.1 Å². The Balaban J connectivity index is 2.07. The number of rotatable bonds is 4. The molecule has 0 bridgehead atoms. The van der Waals surface area contributed by atoms with E-state index >= 15 is 0 Å². The molecule has 0 amide bonds. The molecule has 3 nitrogen and oxygen atoms in total. The van der Waals surface area contributed by atoms with E-state index in [4.69, 9.17) is 5.26 Å². The SMILES string of the molecule is N#CCCSc1ncnc2scc(-c3ccc(F)cc3)c12. The van der Waals surface area contributed by atoms with Crippen molar-refractivity contribution < 1.29 is 4.39 Å². The van der Waals surface area contributed by atoms with E-state index in [1.54, 1.807) is 41.6 Å². The van der Waals surface area contributed by atoms with Gasteiger partial charge >= 0.3 is 0 Å². The lowest BCUT2D eigenvalue weighted by atomic mass is 10.1. The summed E-state index contributed by atoms with van der Waals surface area (Å²) >= 11 is 3.09. The van der Waals surface area contributed by atoms with E-state index in [0.717, 1.165) is 26.4 Å². The highest BCUT2D eigenvalue weighted by Gasteiger charge is 2.13. The fourth-order valence-corrected chi connectivity index (χ4v) is 3.83. The lowest BCUT2D eigenvalue weighted by molar-refractivity contribution is 0.628. The highest BCUT2D eigenvalue weighted by atomic mass is 32.2. The fraction of sp³-hybridized carbons (Fsp3) is 0.133. The van der Waals surface area contributed by atoms with E-state index in [0.29, 0.717) is 12.2 Å². The molecule has 21 heavy (non-hydrogen) atoms. The fourth-order valence-electron chi connectivity index (χ4n) is 1.99. The maximum atomic E-state index is 13.1. The second-order valence-electron chi connectivity index (χ2n) is 4.27. The maximum absolute atomic E-state index is 13.1. The first-order valence-corrected chi connectivity index (χ1v) is 8.14. The van der Waals surface area contributed by atoms with Crippen molar-refractivity contribution in [2.24, 2.45) is 0 Å². The summed E-state index contributed by atoms with van der Waals surface area (Å²) in [5.74, 6) is 0.444. The normalized spacial score (nSPS) is 10.7. The number of fused-ring (bicyclic) bond motifs is 1. The minimum atomic E-state index is -0.252. The van der Waals surface area contributed by atoms with Crippen LogP contribution in [0.1, 0.15) is 6.42 Å². The van der Waals surface area contributed by atoms with Gasteiger partial charge in [-0.1, -0.05) is 12.1 Å². The second-order valence-corrected chi connectivity index (χ2v) is 6.21. The van der Waals surface area contributed by atoms with E-state index in [-0.39, 0.29) is 5.82 Å². The zero-order chi connectivity index (χ0) is 14.7. The molecule has 0 atom stereocenters. The number of thiophene rings is 1. The molecule has 0 N–H and O–H groups in total. The third-order valence-electron chi connectivity index (χ3n) is 2.94. The van der Waals surface area contributed by atoms with Gasteiger partial charge in [-0.25, -0.2) is 14.4 Å². The molecule has 2 heterocycles. The van der Waals surface area contributed by atoms with Gasteiger partial charge in [0.1, 0.15) is 22.0 Å². The summed E-state index contributed by atoms with van der Waals surface area (Å²) in [6, 6.07) is 8.54. The molecular formula is C15H10FN3S2. The van der Waals surface area contributed by atoms with Crippen LogP contribution in [0.2, 0.25) is 0 Å². The average Bonchev–Trinajstić information content (AvgIpc) is 2.93. The highest BCUT2D eigenvalue weighted by Crippen LogP contribution is 2.37. The topological polar surface area (TPSA) is 49.6 Å². The number of aromatic nitrogens is 2. The largest absolute Gasteiger partial charge is 0.229 e. The summed E-state index contributed by atoms with van der Waals surface area (Å²) in [7, 11) is 0. The van der Waals surface area contributed by atoms with Gasteiger partial charge in [-0.3, -0.25) is 0 Å². The van der Waals surface area contributed by atoms with E-state index < -0.39 is 0 Å². The van der Waals surface area contributed by atoms with Crippen molar-refractivity contribution in [1.29, 1.82) is 5.26 Å². The monoisotopic (exact) mass is 315 g/mol. The van der Waals surface area contributed by atoms with Gasteiger partial charge < -0.3 is 0 Å². The lowest BCUT2D eigenvalue weighted by Crippen LogP contribution is -1.87. The number of thioether (sulfide) groups is 1. The van der Waals surface area contributed by atoms with Gasteiger partial charge in [0, 0.05) is 23.1 Å². The lowest BCUT2D eigenvalue weighted by Gasteiger charge is -2.04. The molecule has 0 saturated heterocycles. The standard InChI is InChI=1S/C15H10FN3S2/c16-11-4-2-10(3-5-11)12-8-21-15-13(12)14(18-9-19-15)20-7-1-6-17/h2-5,8-9H,1,7H2. The first kappa shape index (κ1) is 14.0. The molecule has 0 radical (unpaired) electrons. The molecule has 2 aromatic heterocycles. The Kier molecular flexibility index (Phi) is 4.13. The summed E-state index contributed by atoms with van der Waals surface area (Å²) in [4.78, 5) is 9.52. The molecule has 3 rings (SSSR count). The van der Waals surface area contributed by atoms with Crippen molar-refractivity contribution in [2.75, 3.05) is 5.75 Å². The Morgan fingerprint density at radius 1 is 1.24 bits per heavy atom. The van der Waals surface area contributed by atoms with Gasteiger partial charge in [-0.05, 0) is 17.7 Å². The number of halogens is 1. The van der Waals surface area contributed by atoms with Crippen LogP contribution in [0, 0.1) is 17.1 Å². The summed E-state index contributed by atoms with van der Waals surface area (Å²) in [5.41, 5.74) is 1.95. The van der Waals surface area contributed by atoms with Crippen LogP contribution < -0.4 is 0 Å². The van der Waals surface area contributed by atoms with Crippen LogP contribution in [0.25, 0.3) is 21.3 Å². The minimum Gasteiger partial charge on any atom is -0.229 e. The van der Waals surface area contributed by atoms with Crippen LogP contribution in [-0.4, -0.2) is 15.7 Å². The van der Waals surface area contributed by atoms with Gasteiger partial charge in [0.15, 0.2) is 0 Å². The van der Waals surface area contributed by atoms with Crippen molar-refractivity contribution >= 4 is 33.3 Å². The summed E-state index contributed by atoms with van der Waals surface area (Å²) in [6.07, 6.45) is 2.02. The molecule has 0 aliphatic carbocycles. The van der Waals surface area contributed by atoms with Crippen LogP contribution in [0.5, 0.6) is 0 Å².